The highest BCUT2D eigenvalue weighted by Gasteiger charge is 2.30. The van der Waals surface area contributed by atoms with Crippen LogP contribution in [-0.2, 0) is 16.4 Å². The number of aliphatic hydroxyl groups excluding tert-OH is 1. The summed E-state index contributed by atoms with van der Waals surface area (Å²) in [4.78, 5) is 0. The van der Waals surface area contributed by atoms with E-state index < -0.39 is 9.84 Å². The Morgan fingerprint density at radius 2 is 2.10 bits per heavy atom. The predicted octanol–water partition coefficient (Wildman–Crippen LogP) is 1.92. The highest BCUT2D eigenvalue weighted by Crippen LogP contribution is 2.35. The number of methoxy groups -OCH3 is 1. The van der Waals surface area contributed by atoms with Gasteiger partial charge in [0.15, 0.2) is 11.5 Å². The average Bonchev–Trinajstić information content (AvgIpc) is 2.47. The van der Waals surface area contributed by atoms with Gasteiger partial charge in [0.05, 0.1) is 19.0 Å². The van der Waals surface area contributed by atoms with E-state index in [4.69, 9.17) is 9.47 Å². The first-order valence-corrected chi connectivity index (χ1v) is 9.03. The first-order chi connectivity index (χ1) is 9.95. The van der Waals surface area contributed by atoms with Gasteiger partial charge in [0.1, 0.15) is 15.9 Å². The minimum Gasteiger partial charge on any atom is -0.493 e. The Balaban J connectivity index is 2.18. The van der Waals surface area contributed by atoms with E-state index in [1.165, 1.54) is 6.26 Å². The molecule has 0 radical (unpaired) electrons. The van der Waals surface area contributed by atoms with Crippen molar-refractivity contribution in [2.75, 3.05) is 13.4 Å². The van der Waals surface area contributed by atoms with Crippen molar-refractivity contribution in [3.8, 4) is 11.5 Å². The fraction of sp³-hybridized carbons (Fsp3) is 0.600. The van der Waals surface area contributed by atoms with Crippen LogP contribution in [-0.4, -0.2) is 38.2 Å². The lowest BCUT2D eigenvalue weighted by atomic mass is 9.97. The normalized spacial score (nSPS) is 22.8. The van der Waals surface area contributed by atoms with E-state index in [0.717, 1.165) is 12.8 Å². The Kier molecular flexibility index (Phi) is 5.11. The van der Waals surface area contributed by atoms with Crippen LogP contribution in [0.4, 0.5) is 0 Å². The molecule has 0 heterocycles. The van der Waals surface area contributed by atoms with Crippen molar-refractivity contribution in [3.05, 3.63) is 23.8 Å². The van der Waals surface area contributed by atoms with Crippen LogP contribution >= 0.6 is 0 Å². The van der Waals surface area contributed by atoms with Crippen LogP contribution in [0.25, 0.3) is 0 Å². The molecule has 2 rings (SSSR count). The van der Waals surface area contributed by atoms with Crippen LogP contribution in [0, 0.1) is 0 Å². The van der Waals surface area contributed by atoms with Crippen molar-refractivity contribution in [2.24, 2.45) is 0 Å². The highest BCUT2D eigenvalue weighted by molar-refractivity contribution is 7.91. The molecule has 0 amide bonds. The molecule has 0 bridgehead atoms. The van der Waals surface area contributed by atoms with Crippen LogP contribution in [0.1, 0.15) is 31.2 Å². The molecule has 1 saturated carbocycles. The van der Waals surface area contributed by atoms with Crippen LogP contribution in [0.3, 0.4) is 0 Å². The highest BCUT2D eigenvalue weighted by atomic mass is 32.2. The zero-order valence-electron chi connectivity index (χ0n) is 12.4. The second kappa shape index (κ2) is 6.66. The van der Waals surface area contributed by atoms with Gasteiger partial charge >= 0.3 is 0 Å². The van der Waals surface area contributed by atoms with Gasteiger partial charge in [-0.2, -0.15) is 0 Å². The first kappa shape index (κ1) is 16.1. The van der Waals surface area contributed by atoms with E-state index in [-0.39, 0.29) is 18.0 Å². The van der Waals surface area contributed by atoms with Gasteiger partial charge in [0.2, 0.25) is 0 Å². The summed E-state index contributed by atoms with van der Waals surface area (Å²) in [5.41, 5.74) is 0.649. The molecule has 1 aromatic rings. The molecule has 118 valence electrons. The molecule has 0 saturated heterocycles. The minimum atomic E-state index is -3.04. The van der Waals surface area contributed by atoms with Crippen LogP contribution in [0.15, 0.2) is 18.2 Å². The van der Waals surface area contributed by atoms with E-state index in [0.29, 0.717) is 29.9 Å². The SMILES string of the molecule is COc1cccc(CO)c1OC1CCCC(S(C)(=O)=O)C1. The number of hydrogen-bond acceptors (Lipinski definition) is 5. The molecule has 0 aromatic heterocycles. The molecule has 21 heavy (non-hydrogen) atoms. The topological polar surface area (TPSA) is 72.8 Å². The molecule has 1 aromatic carbocycles. The second-order valence-electron chi connectivity index (χ2n) is 5.46. The second-order valence-corrected chi connectivity index (χ2v) is 7.79. The van der Waals surface area contributed by atoms with Gasteiger partial charge in [-0.1, -0.05) is 12.1 Å². The summed E-state index contributed by atoms with van der Waals surface area (Å²) in [5, 5.41) is 9.07. The smallest absolute Gasteiger partial charge is 0.167 e. The monoisotopic (exact) mass is 314 g/mol. The van der Waals surface area contributed by atoms with Crippen molar-refractivity contribution < 1.29 is 23.0 Å². The van der Waals surface area contributed by atoms with Crippen molar-refractivity contribution in [3.63, 3.8) is 0 Å². The van der Waals surface area contributed by atoms with Crippen LogP contribution in [0.5, 0.6) is 11.5 Å². The maximum atomic E-state index is 11.7. The van der Waals surface area contributed by atoms with Gasteiger partial charge in [-0.3, -0.25) is 0 Å². The Labute approximate surface area is 125 Å². The third kappa shape index (κ3) is 3.89. The molecule has 2 unspecified atom stereocenters. The fourth-order valence-corrected chi connectivity index (χ4v) is 3.90. The largest absolute Gasteiger partial charge is 0.493 e. The number of sulfone groups is 1. The Morgan fingerprint density at radius 3 is 2.71 bits per heavy atom. The number of rotatable bonds is 5. The van der Waals surface area contributed by atoms with Crippen molar-refractivity contribution in [1.82, 2.24) is 0 Å². The molecule has 0 aliphatic heterocycles. The summed E-state index contributed by atoms with van der Waals surface area (Å²) >= 11 is 0. The van der Waals surface area contributed by atoms with E-state index in [1.54, 1.807) is 25.3 Å². The summed E-state index contributed by atoms with van der Waals surface area (Å²) in [6, 6.07) is 5.33. The number of benzene rings is 1. The zero-order valence-corrected chi connectivity index (χ0v) is 13.2. The van der Waals surface area contributed by atoms with Crippen LogP contribution < -0.4 is 9.47 Å². The van der Waals surface area contributed by atoms with Crippen molar-refractivity contribution in [2.45, 2.75) is 43.6 Å². The minimum absolute atomic E-state index is 0.144. The average molecular weight is 314 g/mol. The molecule has 2 atom stereocenters. The fourth-order valence-electron chi connectivity index (χ4n) is 2.74. The van der Waals surface area contributed by atoms with E-state index in [2.05, 4.69) is 0 Å². The summed E-state index contributed by atoms with van der Waals surface area (Å²) < 4.78 is 34.7. The molecular formula is C15H22O5S. The number of hydrogen-bond donors (Lipinski definition) is 1. The van der Waals surface area contributed by atoms with E-state index >= 15 is 0 Å². The lowest BCUT2D eigenvalue weighted by Crippen LogP contribution is -2.33. The summed E-state index contributed by atoms with van der Waals surface area (Å²) in [7, 11) is -1.50. The first-order valence-electron chi connectivity index (χ1n) is 7.08. The number of aliphatic hydroxyl groups is 1. The lowest BCUT2D eigenvalue weighted by Gasteiger charge is -2.29. The molecule has 1 fully saturated rings. The Hall–Kier alpha value is -1.27. The van der Waals surface area contributed by atoms with Gasteiger partial charge in [-0.05, 0) is 25.3 Å². The van der Waals surface area contributed by atoms with Gasteiger partial charge < -0.3 is 14.6 Å². The Bertz CT molecular complexity index is 559. The van der Waals surface area contributed by atoms with Crippen molar-refractivity contribution in [1.29, 1.82) is 0 Å². The van der Waals surface area contributed by atoms with Gasteiger partial charge in [0, 0.05) is 18.2 Å². The standard InChI is InChI=1S/C15H22O5S/c1-19-14-8-3-5-11(10-16)15(14)20-12-6-4-7-13(9-12)21(2,17)18/h3,5,8,12-13,16H,4,6-7,9-10H2,1-2H3. The van der Waals surface area contributed by atoms with Gasteiger partial charge in [0.25, 0.3) is 0 Å². The molecule has 1 aliphatic rings. The summed E-state index contributed by atoms with van der Waals surface area (Å²) in [6.07, 6.45) is 3.93. The molecule has 6 heteroatoms. The molecule has 1 N–H and O–H groups in total. The number of para-hydroxylation sites is 1. The number of ether oxygens (including phenoxy) is 2. The quantitative estimate of drug-likeness (QED) is 0.899. The van der Waals surface area contributed by atoms with Crippen molar-refractivity contribution >= 4 is 9.84 Å². The van der Waals surface area contributed by atoms with E-state index in [1.807, 2.05) is 0 Å². The molecule has 0 spiro atoms. The molecule has 1 aliphatic carbocycles. The summed E-state index contributed by atoms with van der Waals surface area (Å²) in [6.45, 7) is -0.144. The third-order valence-corrected chi connectivity index (χ3v) is 5.56. The lowest BCUT2D eigenvalue weighted by molar-refractivity contribution is 0.145. The molecule has 5 nitrogen and oxygen atoms in total. The van der Waals surface area contributed by atoms with E-state index in [9.17, 15) is 13.5 Å². The summed E-state index contributed by atoms with van der Waals surface area (Å²) in [5.74, 6) is 1.07. The zero-order chi connectivity index (χ0) is 15.5. The van der Waals surface area contributed by atoms with Crippen LogP contribution in [0.2, 0.25) is 0 Å². The maximum absolute atomic E-state index is 11.7. The van der Waals surface area contributed by atoms with Gasteiger partial charge in [-0.15, -0.1) is 0 Å². The Morgan fingerprint density at radius 1 is 1.33 bits per heavy atom. The molecular weight excluding hydrogens is 292 g/mol. The maximum Gasteiger partial charge on any atom is 0.167 e. The third-order valence-electron chi connectivity index (χ3n) is 3.92. The predicted molar refractivity (Wildman–Crippen MR) is 80.4 cm³/mol. The van der Waals surface area contributed by atoms with Gasteiger partial charge in [-0.25, -0.2) is 8.42 Å².